The Hall–Kier alpha value is -0.880. The van der Waals surface area contributed by atoms with Crippen molar-refractivity contribution in [2.45, 2.75) is 18.9 Å². The van der Waals surface area contributed by atoms with Gasteiger partial charge >= 0.3 is 0 Å². The molecule has 1 aliphatic heterocycles. The molecule has 0 radical (unpaired) electrons. The minimum absolute atomic E-state index is 0.0126. The van der Waals surface area contributed by atoms with E-state index in [-0.39, 0.29) is 23.5 Å². The first kappa shape index (κ1) is 14.2. The van der Waals surface area contributed by atoms with E-state index >= 15 is 0 Å². The predicted octanol–water partition coefficient (Wildman–Crippen LogP) is -0.202. The summed E-state index contributed by atoms with van der Waals surface area (Å²) in [5.41, 5.74) is 0. The fraction of sp³-hybridized carbons (Fsp3) is 0.727. The highest BCUT2D eigenvalue weighted by Crippen LogP contribution is 2.18. The number of carbonyl (C=O) groups is 1. The molecule has 1 amide bonds. The number of hydrogen-bond acceptors (Lipinski definition) is 4. The molecule has 6 heteroatoms. The van der Waals surface area contributed by atoms with Crippen LogP contribution in [-0.2, 0) is 14.6 Å². The van der Waals surface area contributed by atoms with E-state index < -0.39 is 9.84 Å². The van der Waals surface area contributed by atoms with Crippen molar-refractivity contribution in [2.75, 3.05) is 31.6 Å². The van der Waals surface area contributed by atoms with Crippen molar-refractivity contribution in [2.24, 2.45) is 0 Å². The van der Waals surface area contributed by atoms with Crippen molar-refractivity contribution in [3.05, 3.63) is 12.7 Å². The van der Waals surface area contributed by atoms with E-state index in [2.05, 4.69) is 11.9 Å². The van der Waals surface area contributed by atoms with Crippen molar-refractivity contribution in [3.63, 3.8) is 0 Å². The lowest BCUT2D eigenvalue weighted by Crippen LogP contribution is -2.42. The Morgan fingerprint density at radius 2 is 2.29 bits per heavy atom. The van der Waals surface area contributed by atoms with E-state index in [0.717, 1.165) is 0 Å². The van der Waals surface area contributed by atoms with Crippen molar-refractivity contribution in [3.8, 4) is 0 Å². The van der Waals surface area contributed by atoms with Gasteiger partial charge in [0, 0.05) is 25.6 Å². The number of carbonyl (C=O) groups excluding carboxylic acids is 1. The molecule has 5 nitrogen and oxygen atoms in total. The van der Waals surface area contributed by atoms with E-state index in [1.807, 2.05) is 0 Å². The van der Waals surface area contributed by atoms with Crippen LogP contribution in [0.2, 0.25) is 0 Å². The van der Waals surface area contributed by atoms with Gasteiger partial charge in [-0.3, -0.25) is 4.79 Å². The standard InChI is InChI=1S/C11H20N2O3S/c1-3-7-13(11(14)4-6-12-2)10-5-8-17(15,16)9-10/h3,10,12H,1,4-9H2,2H3. The summed E-state index contributed by atoms with van der Waals surface area (Å²) >= 11 is 0. The molecule has 1 fully saturated rings. The minimum atomic E-state index is -2.96. The average molecular weight is 260 g/mol. The van der Waals surface area contributed by atoms with Crippen LogP contribution in [0.4, 0.5) is 0 Å². The number of rotatable bonds is 6. The largest absolute Gasteiger partial charge is 0.335 e. The molecule has 0 aliphatic carbocycles. The van der Waals surface area contributed by atoms with Crippen LogP contribution in [0.25, 0.3) is 0 Å². The first-order valence-electron chi connectivity index (χ1n) is 5.75. The van der Waals surface area contributed by atoms with Crippen LogP contribution in [-0.4, -0.2) is 56.9 Å². The third-order valence-corrected chi connectivity index (χ3v) is 4.63. The molecule has 1 aliphatic rings. The van der Waals surface area contributed by atoms with Crippen molar-refractivity contribution in [1.29, 1.82) is 0 Å². The van der Waals surface area contributed by atoms with E-state index in [0.29, 0.717) is 25.9 Å². The molecule has 98 valence electrons. The summed E-state index contributed by atoms with van der Waals surface area (Å²) in [4.78, 5) is 13.6. The molecule has 0 aromatic carbocycles. The highest BCUT2D eigenvalue weighted by atomic mass is 32.2. The van der Waals surface area contributed by atoms with Crippen LogP contribution in [0.1, 0.15) is 12.8 Å². The van der Waals surface area contributed by atoms with Gasteiger partial charge < -0.3 is 10.2 Å². The lowest BCUT2D eigenvalue weighted by Gasteiger charge is -2.27. The Morgan fingerprint density at radius 1 is 1.59 bits per heavy atom. The Labute approximate surface area is 103 Å². The van der Waals surface area contributed by atoms with Gasteiger partial charge in [0.1, 0.15) is 0 Å². The first-order valence-corrected chi connectivity index (χ1v) is 7.57. The van der Waals surface area contributed by atoms with Crippen LogP contribution in [0.5, 0.6) is 0 Å². The molecule has 0 saturated carbocycles. The van der Waals surface area contributed by atoms with E-state index in [1.165, 1.54) is 0 Å². The Morgan fingerprint density at radius 3 is 2.76 bits per heavy atom. The third kappa shape index (κ3) is 4.12. The second-order valence-electron chi connectivity index (χ2n) is 4.25. The molecule has 1 atom stereocenters. The second kappa shape index (κ2) is 6.16. The van der Waals surface area contributed by atoms with Crippen LogP contribution < -0.4 is 5.32 Å². The van der Waals surface area contributed by atoms with Crippen molar-refractivity contribution < 1.29 is 13.2 Å². The zero-order valence-electron chi connectivity index (χ0n) is 10.2. The number of nitrogens with one attached hydrogen (secondary N) is 1. The van der Waals surface area contributed by atoms with E-state index in [9.17, 15) is 13.2 Å². The van der Waals surface area contributed by atoms with Gasteiger partial charge in [-0.1, -0.05) is 6.08 Å². The fourth-order valence-electron chi connectivity index (χ4n) is 1.99. The highest BCUT2D eigenvalue weighted by Gasteiger charge is 2.33. The Bertz CT molecular complexity index is 378. The summed E-state index contributed by atoms with van der Waals surface area (Å²) in [5.74, 6) is 0.262. The molecule has 1 heterocycles. The summed E-state index contributed by atoms with van der Waals surface area (Å²) in [7, 11) is -1.17. The molecule has 0 aromatic rings. The van der Waals surface area contributed by atoms with Crippen molar-refractivity contribution in [1.82, 2.24) is 10.2 Å². The van der Waals surface area contributed by atoms with Gasteiger partial charge in [0.15, 0.2) is 9.84 Å². The number of nitrogens with zero attached hydrogens (tertiary/aromatic N) is 1. The van der Waals surface area contributed by atoms with E-state index in [1.54, 1.807) is 18.0 Å². The highest BCUT2D eigenvalue weighted by molar-refractivity contribution is 7.91. The summed E-state index contributed by atoms with van der Waals surface area (Å²) in [6.45, 7) is 4.63. The summed E-state index contributed by atoms with van der Waals surface area (Å²) in [6.07, 6.45) is 2.57. The molecule has 0 bridgehead atoms. The average Bonchev–Trinajstić information content (AvgIpc) is 2.63. The molecule has 0 spiro atoms. The fourth-order valence-corrected chi connectivity index (χ4v) is 3.72. The van der Waals surface area contributed by atoms with Gasteiger partial charge in [-0.05, 0) is 13.5 Å². The van der Waals surface area contributed by atoms with Crippen molar-refractivity contribution >= 4 is 15.7 Å². The quantitative estimate of drug-likeness (QED) is 0.672. The maximum Gasteiger partial charge on any atom is 0.224 e. The predicted molar refractivity (Wildman–Crippen MR) is 67.5 cm³/mol. The van der Waals surface area contributed by atoms with Gasteiger partial charge in [-0.15, -0.1) is 6.58 Å². The summed E-state index contributed by atoms with van der Waals surface area (Å²) in [6, 6.07) is -0.178. The van der Waals surface area contributed by atoms with Crippen LogP contribution in [0.15, 0.2) is 12.7 Å². The molecule has 1 rings (SSSR count). The lowest BCUT2D eigenvalue weighted by atomic mass is 10.2. The first-order chi connectivity index (χ1) is 8.00. The monoisotopic (exact) mass is 260 g/mol. The molecule has 17 heavy (non-hydrogen) atoms. The van der Waals surface area contributed by atoms with Crippen LogP contribution >= 0.6 is 0 Å². The SMILES string of the molecule is C=CCN(C(=O)CCNC)C1CCS(=O)(=O)C1. The van der Waals surface area contributed by atoms with Crippen LogP contribution in [0, 0.1) is 0 Å². The smallest absolute Gasteiger partial charge is 0.224 e. The zero-order chi connectivity index (χ0) is 12.9. The molecule has 1 unspecified atom stereocenters. The Kier molecular flexibility index (Phi) is 5.14. The van der Waals surface area contributed by atoms with Gasteiger partial charge in [0.05, 0.1) is 11.5 Å². The number of hydrogen-bond donors (Lipinski definition) is 1. The summed E-state index contributed by atoms with van der Waals surface area (Å²) < 4.78 is 22.8. The maximum absolute atomic E-state index is 11.9. The number of sulfone groups is 1. The van der Waals surface area contributed by atoms with Gasteiger partial charge in [-0.2, -0.15) is 0 Å². The molecular weight excluding hydrogens is 240 g/mol. The normalized spacial score (nSPS) is 22.3. The molecule has 1 saturated heterocycles. The van der Waals surface area contributed by atoms with Gasteiger partial charge in [0.2, 0.25) is 5.91 Å². The van der Waals surface area contributed by atoms with Crippen LogP contribution in [0.3, 0.4) is 0 Å². The maximum atomic E-state index is 11.9. The molecular formula is C11H20N2O3S. The minimum Gasteiger partial charge on any atom is -0.335 e. The topological polar surface area (TPSA) is 66.5 Å². The third-order valence-electron chi connectivity index (χ3n) is 2.88. The van der Waals surface area contributed by atoms with Gasteiger partial charge in [-0.25, -0.2) is 8.42 Å². The number of amides is 1. The molecule has 0 aromatic heterocycles. The molecule has 1 N–H and O–H groups in total. The van der Waals surface area contributed by atoms with E-state index in [4.69, 9.17) is 0 Å². The Balaban J connectivity index is 2.65. The lowest BCUT2D eigenvalue weighted by molar-refractivity contribution is -0.132. The second-order valence-corrected chi connectivity index (χ2v) is 6.47. The summed E-state index contributed by atoms with van der Waals surface area (Å²) in [5, 5.41) is 2.91. The zero-order valence-corrected chi connectivity index (χ0v) is 11.0. The van der Waals surface area contributed by atoms with Gasteiger partial charge in [0.25, 0.3) is 0 Å².